The summed E-state index contributed by atoms with van der Waals surface area (Å²) in [6.07, 6.45) is 1.70. The van der Waals surface area contributed by atoms with Crippen molar-refractivity contribution in [1.29, 1.82) is 5.26 Å². The number of ether oxygens (including phenoxy) is 2. The first-order valence-electron chi connectivity index (χ1n) is 7.77. The number of nitrogens with zero attached hydrogens (tertiary/aromatic N) is 4. The Balaban J connectivity index is 2.01. The van der Waals surface area contributed by atoms with Crippen LogP contribution in [0.15, 0.2) is 41.0 Å². The molecule has 0 saturated carbocycles. The Labute approximate surface area is 163 Å². The number of methoxy groups -OCH3 is 1. The summed E-state index contributed by atoms with van der Waals surface area (Å²) in [6.45, 7) is 0.270. The van der Waals surface area contributed by atoms with Gasteiger partial charge >= 0.3 is 0 Å². The summed E-state index contributed by atoms with van der Waals surface area (Å²) < 4.78 is 11.9. The fourth-order valence-corrected chi connectivity index (χ4v) is 3.00. The Bertz CT molecular complexity index is 1020. The highest BCUT2D eigenvalue weighted by Crippen LogP contribution is 2.40. The van der Waals surface area contributed by atoms with Crippen LogP contribution < -0.4 is 20.9 Å². The zero-order valence-corrected chi connectivity index (χ0v) is 15.9. The topological polar surface area (TPSA) is 133 Å². The predicted octanol–water partition coefficient (Wildman–Crippen LogP) is 2.92. The van der Waals surface area contributed by atoms with Gasteiger partial charge in [-0.1, -0.05) is 6.07 Å². The Morgan fingerprint density at radius 1 is 1.22 bits per heavy atom. The number of nitriles is 1. The van der Waals surface area contributed by atoms with Crippen LogP contribution in [0.2, 0.25) is 0 Å². The highest BCUT2D eigenvalue weighted by atomic mass is 79.9. The van der Waals surface area contributed by atoms with Gasteiger partial charge in [-0.05, 0) is 40.2 Å². The molecule has 0 spiro atoms. The maximum absolute atomic E-state index is 9.39. The average Bonchev–Trinajstić information content (AvgIpc) is 2.66. The summed E-state index contributed by atoms with van der Waals surface area (Å²) in [6, 6.07) is 11.0. The van der Waals surface area contributed by atoms with Gasteiger partial charge in [-0.3, -0.25) is 4.98 Å². The molecule has 0 saturated heterocycles. The van der Waals surface area contributed by atoms with Gasteiger partial charge in [0.2, 0.25) is 5.95 Å². The molecule has 0 aliphatic heterocycles. The molecule has 1 aromatic carbocycles. The van der Waals surface area contributed by atoms with E-state index in [4.69, 9.17) is 20.9 Å². The summed E-state index contributed by atoms with van der Waals surface area (Å²) in [5.41, 5.74) is 13.3. The molecule has 2 aromatic heterocycles. The van der Waals surface area contributed by atoms with Crippen molar-refractivity contribution in [3.63, 3.8) is 0 Å². The Morgan fingerprint density at radius 3 is 2.70 bits per heavy atom. The van der Waals surface area contributed by atoms with Crippen molar-refractivity contribution < 1.29 is 9.47 Å². The van der Waals surface area contributed by atoms with Crippen molar-refractivity contribution in [2.24, 2.45) is 0 Å². The number of hydrogen-bond acceptors (Lipinski definition) is 8. The highest BCUT2D eigenvalue weighted by molar-refractivity contribution is 9.10. The lowest BCUT2D eigenvalue weighted by Gasteiger charge is -2.15. The summed E-state index contributed by atoms with van der Waals surface area (Å²) in [5.74, 6) is 0.952. The van der Waals surface area contributed by atoms with Crippen LogP contribution in [0, 0.1) is 11.3 Å². The molecule has 8 nitrogen and oxygen atoms in total. The first kappa shape index (κ1) is 18.4. The minimum Gasteiger partial charge on any atom is -0.493 e. The van der Waals surface area contributed by atoms with Crippen molar-refractivity contribution in [1.82, 2.24) is 15.0 Å². The fraction of sp³-hybridized carbons (Fsp3) is 0.111. The van der Waals surface area contributed by atoms with Crippen LogP contribution in [-0.2, 0) is 6.61 Å². The van der Waals surface area contributed by atoms with Gasteiger partial charge in [0, 0.05) is 11.8 Å². The quantitative estimate of drug-likeness (QED) is 0.635. The van der Waals surface area contributed by atoms with Crippen molar-refractivity contribution >= 4 is 27.7 Å². The van der Waals surface area contributed by atoms with Crippen molar-refractivity contribution in [2.75, 3.05) is 18.6 Å². The largest absolute Gasteiger partial charge is 0.493 e. The maximum Gasteiger partial charge on any atom is 0.222 e. The number of halogens is 1. The van der Waals surface area contributed by atoms with E-state index in [0.29, 0.717) is 27.2 Å². The summed E-state index contributed by atoms with van der Waals surface area (Å²) in [7, 11) is 1.52. The first-order valence-corrected chi connectivity index (χ1v) is 8.56. The van der Waals surface area contributed by atoms with E-state index in [1.807, 2.05) is 24.3 Å². The minimum absolute atomic E-state index is 0.0190. The summed E-state index contributed by atoms with van der Waals surface area (Å²) in [4.78, 5) is 12.2. The number of rotatable bonds is 5. The SMILES string of the molecule is COc1cc(-c2nc(N)nc(N)c2C#N)cc(Br)c1OCc1ccccn1. The highest BCUT2D eigenvalue weighted by Gasteiger charge is 2.18. The van der Waals surface area contributed by atoms with E-state index in [-0.39, 0.29) is 23.9 Å². The molecule has 0 aliphatic rings. The molecule has 136 valence electrons. The smallest absolute Gasteiger partial charge is 0.222 e. The number of pyridine rings is 1. The monoisotopic (exact) mass is 426 g/mol. The Hall–Kier alpha value is -3.38. The second-order valence-corrected chi connectivity index (χ2v) is 6.26. The number of anilines is 2. The fourth-order valence-electron chi connectivity index (χ4n) is 2.44. The van der Waals surface area contributed by atoms with Gasteiger partial charge in [-0.15, -0.1) is 0 Å². The minimum atomic E-state index is -0.0212. The van der Waals surface area contributed by atoms with E-state index < -0.39 is 0 Å². The van der Waals surface area contributed by atoms with Gasteiger partial charge in [0.25, 0.3) is 0 Å². The van der Waals surface area contributed by atoms with E-state index in [1.54, 1.807) is 18.3 Å². The van der Waals surface area contributed by atoms with Crippen LogP contribution in [-0.4, -0.2) is 22.1 Å². The molecule has 0 bridgehead atoms. The molecule has 0 aliphatic carbocycles. The lowest BCUT2D eigenvalue weighted by Crippen LogP contribution is -2.05. The molecule has 27 heavy (non-hydrogen) atoms. The maximum atomic E-state index is 9.39. The van der Waals surface area contributed by atoms with Crippen molar-refractivity contribution in [3.05, 3.63) is 52.3 Å². The number of nitrogens with two attached hydrogens (primary N) is 2. The molecule has 3 aromatic rings. The van der Waals surface area contributed by atoms with Gasteiger partial charge < -0.3 is 20.9 Å². The lowest BCUT2D eigenvalue weighted by molar-refractivity contribution is 0.279. The van der Waals surface area contributed by atoms with Gasteiger partial charge in [0.15, 0.2) is 11.5 Å². The molecule has 0 radical (unpaired) electrons. The van der Waals surface area contributed by atoms with Crippen LogP contribution >= 0.6 is 15.9 Å². The second kappa shape index (κ2) is 7.88. The standard InChI is InChI=1S/C18H15BrN6O2/c1-26-14-7-10(15-12(8-20)17(21)25-18(22)24-15)6-13(19)16(14)27-9-11-4-2-3-5-23-11/h2-7H,9H2,1H3,(H4,21,22,24,25). The summed E-state index contributed by atoms with van der Waals surface area (Å²) in [5, 5.41) is 9.39. The van der Waals surface area contributed by atoms with Crippen LogP contribution in [0.1, 0.15) is 11.3 Å². The summed E-state index contributed by atoms with van der Waals surface area (Å²) >= 11 is 3.48. The molecular formula is C18H15BrN6O2. The zero-order valence-electron chi connectivity index (χ0n) is 14.3. The molecular weight excluding hydrogens is 412 g/mol. The molecule has 0 fully saturated rings. The van der Waals surface area contributed by atoms with E-state index in [9.17, 15) is 5.26 Å². The number of hydrogen-bond donors (Lipinski definition) is 2. The molecule has 0 atom stereocenters. The third kappa shape index (κ3) is 3.91. The number of aromatic nitrogens is 3. The molecule has 0 amide bonds. The van der Waals surface area contributed by atoms with Crippen LogP contribution in [0.5, 0.6) is 11.5 Å². The Kier molecular flexibility index (Phi) is 5.38. The van der Waals surface area contributed by atoms with Crippen LogP contribution in [0.25, 0.3) is 11.3 Å². The van der Waals surface area contributed by atoms with E-state index in [1.165, 1.54) is 7.11 Å². The predicted molar refractivity (Wildman–Crippen MR) is 104 cm³/mol. The van der Waals surface area contributed by atoms with E-state index in [0.717, 1.165) is 5.69 Å². The molecule has 0 unspecified atom stereocenters. The molecule has 9 heteroatoms. The number of benzene rings is 1. The number of nitrogen functional groups attached to an aromatic ring is 2. The first-order chi connectivity index (χ1) is 13.0. The van der Waals surface area contributed by atoms with Crippen molar-refractivity contribution in [2.45, 2.75) is 6.61 Å². The third-order valence-electron chi connectivity index (χ3n) is 3.66. The second-order valence-electron chi connectivity index (χ2n) is 5.40. The third-order valence-corrected chi connectivity index (χ3v) is 4.25. The van der Waals surface area contributed by atoms with Crippen LogP contribution in [0.4, 0.5) is 11.8 Å². The average molecular weight is 427 g/mol. The van der Waals surface area contributed by atoms with Crippen LogP contribution in [0.3, 0.4) is 0 Å². The van der Waals surface area contributed by atoms with Gasteiger partial charge in [0.05, 0.1) is 23.0 Å². The van der Waals surface area contributed by atoms with E-state index >= 15 is 0 Å². The van der Waals surface area contributed by atoms with E-state index in [2.05, 4.69) is 30.9 Å². The van der Waals surface area contributed by atoms with Gasteiger partial charge in [-0.2, -0.15) is 10.2 Å². The Morgan fingerprint density at radius 2 is 2.04 bits per heavy atom. The normalized spacial score (nSPS) is 10.3. The van der Waals surface area contributed by atoms with Gasteiger partial charge in [-0.25, -0.2) is 4.98 Å². The lowest BCUT2D eigenvalue weighted by atomic mass is 10.1. The molecule has 4 N–H and O–H groups in total. The zero-order chi connectivity index (χ0) is 19.4. The molecule has 3 rings (SSSR count). The molecule has 2 heterocycles. The van der Waals surface area contributed by atoms with Crippen molar-refractivity contribution in [3.8, 4) is 28.8 Å². The van der Waals surface area contributed by atoms with Gasteiger partial charge in [0.1, 0.15) is 24.1 Å².